The van der Waals surface area contributed by atoms with Crippen LogP contribution in [-0.4, -0.2) is 41.5 Å². The number of imidazole rings is 1. The Labute approximate surface area is 188 Å². The van der Waals surface area contributed by atoms with E-state index in [2.05, 4.69) is 27.9 Å². The SMILES string of the molecule is Cc1c(F)ccc2[nH]c(C3Cc4c(Cl)cccc4N3CCCC3CCN(C)CC3)nc12. The number of anilines is 1. The van der Waals surface area contributed by atoms with Gasteiger partial charge in [0.25, 0.3) is 0 Å². The lowest BCUT2D eigenvalue weighted by molar-refractivity contribution is 0.210. The van der Waals surface area contributed by atoms with E-state index in [4.69, 9.17) is 16.6 Å². The van der Waals surface area contributed by atoms with E-state index in [0.29, 0.717) is 5.56 Å². The fourth-order valence-electron chi connectivity index (χ4n) is 5.28. The first-order valence-electron chi connectivity index (χ1n) is 11.4. The summed E-state index contributed by atoms with van der Waals surface area (Å²) in [5.41, 5.74) is 4.62. The summed E-state index contributed by atoms with van der Waals surface area (Å²) in [7, 11) is 2.21. The molecule has 0 amide bonds. The number of halogens is 2. The fourth-order valence-corrected chi connectivity index (χ4v) is 5.52. The Morgan fingerprint density at radius 1 is 1.19 bits per heavy atom. The summed E-state index contributed by atoms with van der Waals surface area (Å²) in [6, 6.07) is 9.57. The largest absolute Gasteiger partial charge is 0.361 e. The number of aromatic nitrogens is 2. The van der Waals surface area contributed by atoms with Crippen molar-refractivity contribution in [2.24, 2.45) is 5.92 Å². The number of fused-ring (bicyclic) bond motifs is 2. The smallest absolute Gasteiger partial charge is 0.130 e. The van der Waals surface area contributed by atoms with Crippen molar-refractivity contribution in [2.75, 3.05) is 31.6 Å². The third-order valence-corrected chi connectivity index (χ3v) is 7.56. The van der Waals surface area contributed by atoms with Gasteiger partial charge >= 0.3 is 0 Å². The molecule has 2 aliphatic rings. The molecule has 6 heteroatoms. The number of rotatable bonds is 5. The molecule has 0 saturated carbocycles. The second kappa shape index (κ2) is 8.44. The molecule has 2 aromatic carbocycles. The maximum Gasteiger partial charge on any atom is 0.130 e. The van der Waals surface area contributed by atoms with Crippen LogP contribution in [0.2, 0.25) is 5.02 Å². The lowest BCUT2D eigenvalue weighted by atomic mass is 9.92. The minimum atomic E-state index is -0.210. The zero-order chi connectivity index (χ0) is 21.5. The first kappa shape index (κ1) is 20.8. The molecule has 1 unspecified atom stereocenters. The molecule has 0 radical (unpaired) electrons. The number of aryl methyl sites for hydroxylation is 1. The molecule has 0 aliphatic carbocycles. The van der Waals surface area contributed by atoms with Crippen molar-refractivity contribution in [2.45, 2.75) is 45.1 Å². The molecular weight excluding hydrogens is 411 g/mol. The number of nitrogens with one attached hydrogen (secondary N) is 1. The number of H-pyrrole nitrogens is 1. The monoisotopic (exact) mass is 440 g/mol. The highest BCUT2D eigenvalue weighted by Crippen LogP contribution is 2.43. The Kier molecular flexibility index (Phi) is 5.65. The molecule has 164 valence electrons. The molecule has 2 aliphatic heterocycles. The van der Waals surface area contributed by atoms with Crippen molar-refractivity contribution in [3.05, 3.63) is 58.1 Å². The zero-order valence-corrected chi connectivity index (χ0v) is 19.1. The van der Waals surface area contributed by atoms with Crippen molar-refractivity contribution in [1.82, 2.24) is 14.9 Å². The van der Waals surface area contributed by atoms with E-state index in [1.165, 1.54) is 49.7 Å². The number of nitrogens with zero attached hydrogens (tertiary/aromatic N) is 3. The average molecular weight is 441 g/mol. The van der Waals surface area contributed by atoms with Gasteiger partial charge in [0.1, 0.15) is 11.6 Å². The summed E-state index contributed by atoms with van der Waals surface area (Å²) in [6.07, 6.45) is 5.85. The van der Waals surface area contributed by atoms with Gasteiger partial charge in [-0.1, -0.05) is 17.7 Å². The first-order valence-corrected chi connectivity index (χ1v) is 11.8. The Bertz CT molecular complexity index is 1090. The highest BCUT2D eigenvalue weighted by Gasteiger charge is 2.34. The Morgan fingerprint density at radius 2 is 2.00 bits per heavy atom. The summed E-state index contributed by atoms with van der Waals surface area (Å²) < 4.78 is 14.1. The quantitative estimate of drug-likeness (QED) is 0.537. The normalized spacial score (nSPS) is 20.0. The molecule has 4 nitrogen and oxygen atoms in total. The van der Waals surface area contributed by atoms with Gasteiger partial charge in [-0.3, -0.25) is 0 Å². The Morgan fingerprint density at radius 3 is 2.81 bits per heavy atom. The number of benzene rings is 2. The van der Waals surface area contributed by atoms with Crippen LogP contribution in [0.25, 0.3) is 11.0 Å². The Balaban J connectivity index is 1.39. The number of aromatic amines is 1. The fraction of sp³-hybridized carbons (Fsp3) is 0.480. The van der Waals surface area contributed by atoms with Crippen LogP contribution in [0.4, 0.5) is 10.1 Å². The van der Waals surface area contributed by atoms with Gasteiger partial charge in [0.15, 0.2) is 0 Å². The summed E-state index contributed by atoms with van der Waals surface area (Å²) in [6.45, 7) is 5.20. The highest BCUT2D eigenvalue weighted by molar-refractivity contribution is 6.31. The summed E-state index contributed by atoms with van der Waals surface area (Å²) >= 11 is 6.57. The second-order valence-electron chi connectivity index (χ2n) is 9.23. The number of hydrogen-bond donors (Lipinski definition) is 1. The van der Waals surface area contributed by atoms with Crippen molar-refractivity contribution in [1.29, 1.82) is 0 Å². The molecule has 1 N–H and O–H groups in total. The van der Waals surface area contributed by atoms with Gasteiger partial charge < -0.3 is 14.8 Å². The molecule has 1 aromatic heterocycles. The second-order valence-corrected chi connectivity index (χ2v) is 9.64. The molecule has 1 atom stereocenters. The van der Waals surface area contributed by atoms with Gasteiger partial charge in [-0.05, 0) is 88.5 Å². The van der Waals surface area contributed by atoms with Gasteiger partial charge in [-0.15, -0.1) is 0 Å². The summed E-state index contributed by atoms with van der Waals surface area (Å²) in [4.78, 5) is 13.2. The van der Waals surface area contributed by atoms with Gasteiger partial charge in [-0.25, -0.2) is 9.37 Å². The molecule has 1 saturated heterocycles. The van der Waals surface area contributed by atoms with Gasteiger partial charge in [0.05, 0.1) is 17.1 Å². The maximum absolute atomic E-state index is 14.1. The summed E-state index contributed by atoms with van der Waals surface area (Å²) in [5, 5.41) is 0.818. The van der Waals surface area contributed by atoms with Crippen LogP contribution in [0.5, 0.6) is 0 Å². The van der Waals surface area contributed by atoms with Crippen molar-refractivity contribution < 1.29 is 4.39 Å². The van der Waals surface area contributed by atoms with Crippen LogP contribution in [-0.2, 0) is 6.42 Å². The van der Waals surface area contributed by atoms with Crippen LogP contribution in [0, 0.1) is 18.7 Å². The van der Waals surface area contributed by atoms with Gasteiger partial charge in [0.2, 0.25) is 0 Å². The van der Waals surface area contributed by atoms with Gasteiger partial charge in [0, 0.05) is 29.2 Å². The number of hydrogen-bond acceptors (Lipinski definition) is 3. The van der Waals surface area contributed by atoms with E-state index < -0.39 is 0 Å². The minimum Gasteiger partial charge on any atom is -0.361 e. The predicted molar refractivity (Wildman–Crippen MR) is 125 cm³/mol. The van der Waals surface area contributed by atoms with Crippen LogP contribution in [0.3, 0.4) is 0 Å². The molecule has 3 heterocycles. The third-order valence-electron chi connectivity index (χ3n) is 7.20. The third kappa shape index (κ3) is 3.94. The maximum atomic E-state index is 14.1. The van der Waals surface area contributed by atoms with Gasteiger partial charge in [-0.2, -0.15) is 0 Å². The topological polar surface area (TPSA) is 35.2 Å². The molecule has 31 heavy (non-hydrogen) atoms. The predicted octanol–water partition coefficient (Wildman–Crippen LogP) is 5.89. The molecule has 5 rings (SSSR count). The molecule has 3 aromatic rings. The number of piperidine rings is 1. The highest BCUT2D eigenvalue weighted by atomic mass is 35.5. The van der Waals surface area contributed by atoms with Crippen LogP contribution < -0.4 is 4.90 Å². The van der Waals surface area contributed by atoms with Crippen molar-refractivity contribution >= 4 is 28.3 Å². The minimum absolute atomic E-state index is 0.0993. The number of likely N-dealkylation sites (tertiary alicyclic amines) is 1. The standard InChI is InChI=1S/C25H30ClFN4/c1-16-20(27)8-9-21-24(16)29-25(28-21)23-15-18-19(26)6-3-7-22(18)31(23)12-4-5-17-10-13-30(2)14-11-17/h3,6-9,17,23H,4-5,10-15H2,1-2H3,(H,28,29). The van der Waals surface area contributed by atoms with Crippen LogP contribution in [0.1, 0.15) is 48.7 Å². The lowest BCUT2D eigenvalue weighted by Gasteiger charge is -2.30. The first-order chi connectivity index (χ1) is 15.0. The average Bonchev–Trinajstić information content (AvgIpc) is 3.35. The van der Waals surface area contributed by atoms with E-state index in [9.17, 15) is 4.39 Å². The molecule has 1 fully saturated rings. The van der Waals surface area contributed by atoms with Crippen molar-refractivity contribution in [3.63, 3.8) is 0 Å². The Hall–Kier alpha value is -2.11. The van der Waals surface area contributed by atoms with E-state index >= 15 is 0 Å². The van der Waals surface area contributed by atoms with Crippen LogP contribution in [0.15, 0.2) is 30.3 Å². The van der Waals surface area contributed by atoms with E-state index in [0.717, 1.165) is 47.2 Å². The van der Waals surface area contributed by atoms with Crippen molar-refractivity contribution in [3.8, 4) is 0 Å². The summed E-state index contributed by atoms with van der Waals surface area (Å²) in [5.74, 6) is 1.52. The van der Waals surface area contributed by atoms with E-state index in [1.54, 1.807) is 13.0 Å². The van der Waals surface area contributed by atoms with Crippen LogP contribution >= 0.6 is 11.6 Å². The molecule has 0 spiro atoms. The lowest BCUT2D eigenvalue weighted by Crippen LogP contribution is -2.31. The van der Waals surface area contributed by atoms with E-state index in [-0.39, 0.29) is 11.9 Å². The van der Waals surface area contributed by atoms with E-state index in [1.807, 2.05) is 12.1 Å². The molecular formula is C25H30ClFN4. The molecule has 0 bridgehead atoms. The zero-order valence-electron chi connectivity index (χ0n) is 18.3.